The van der Waals surface area contributed by atoms with Crippen molar-refractivity contribution < 1.29 is 30.9 Å². The Morgan fingerprint density at radius 3 is 2.07 bits per heavy atom. The van der Waals surface area contributed by atoms with Crippen LogP contribution in [0.4, 0.5) is 26.3 Å². The summed E-state index contributed by atoms with van der Waals surface area (Å²) in [6, 6.07) is -0.786. The van der Waals surface area contributed by atoms with Gasteiger partial charge in [-0.2, -0.15) is 26.3 Å². The van der Waals surface area contributed by atoms with E-state index in [1.165, 1.54) is 5.38 Å². The van der Waals surface area contributed by atoms with Crippen LogP contribution >= 0.6 is 11.3 Å². The van der Waals surface area contributed by atoms with Crippen molar-refractivity contribution in [2.75, 3.05) is 0 Å². The largest absolute Gasteiger partial charge is 0.598 e. The van der Waals surface area contributed by atoms with Crippen LogP contribution in [0.3, 0.4) is 0 Å². The van der Waals surface area contributed by atoms with Gasteiger partial charge in [0.1, 0.15) is 4.75 Å². The molecule has 1 fully saturated rings. The fourth-order valence-corrected chi connectivity index (χ4v) is 4.65. The molecular weight excluding hydrogens is 414 g/mol. The van der Waals surface area contributed by atoms with Crippen LogP contribution in [0.1, 0.15) is 63.2 Å². The number of hydrogen-bond donors (Lipinski definition) is 1. The summed E-state index contributed by atoms with van der Waals surface area (Å²) in [5.41, 5.74) is 0.0837. The lowest BCUT2D eigenvalue weighted by Gasteiger charge is -2.35. The molecular formula is C16H22F6N2OS2. The molecule has 0 saturated heterocycles. The molecule has 1 aliphatic rings. The van der Waals surface area contributed by atoms with E-state index in [4.69, 9.17) is 0 Å². The first kappa shape index (κ1) is 22.8. The summed E-state index contributed by atoms with van der Waals surface area (Å²) in [4.78, 5) is 3.63. The molecule has 156 valence electrons. The Hall–Kier alpha value is -0.520. The van der Waals surface area contributed by atoms with Gasteiger partial charge in [-0.25, -0.2) is 4.98 Å². The van der Waals surface area contributed by atoms with E-state index in [9.17, 15) is 30.9 Å². The van der Waals surface area contributed by atoms with Gasteiger partial charge in [-0.1, -0.05) is 0 Å². The number of nitrogens with zero attached hydrogens (tertiary/aromatic N) is 1. The van der Waals surface area contributed by atoms with E-state index in [1.54, 1.807) is 20.8 Å². The quantitative estimate of drug-likeness (QED) is 0.492. The van der Waals surface area contributed by atoms with Crippen LogP contribution in [0.25, 0.3) is 0 Å². The molecule has 0 bridgehead atoms. The SMILES string of the molecule is CC(C)(C)[S@@+]([O-])NC(c1csc(C(F)(F)F)n1)[C@H]1CC[C@H](C(F)(F)F)CC1. The first-order valence-corrected chi connectivity index (χ1v) is 10.5. The minimum absolute atomic E-state index is 0.0837. The van der Waals surface area contributed by atoms with Crippen LogP contribution in [0.15, 0.2) is 5.38 Å². The van der Waals surface area contributed by atoms with Gasteiger partial charge in [0, 0.05) is 16.7 Å². The highest BCUT2D eigenvalue weighted by Gasteiger charge is 2.45. The van der Waals surface area contributed by atoms with Gasteiger partial charge in [-0.05, 0) is 52.4 Å². The average molecular weight is 436 g/mol. The lowest BCUT2D eigenvalue weighted by atomic mass is 9.78. The van der Waals surface area contributed by atoms with Crippen molar-refractivity contribution in [2.24, 2.45) is 11.8 Å². The van der Waals surface area contributed by atoms with Gasteiger partial charge in [0.15, 0.2) is 5.01 Å². The second kappa shape index (κ2) is 8.08. The third kappa shape index (κ3) is 5.98. The zero-order chi connectivity index (χ0) is 20.6. The summed E-state index contributed by atoms with van der Waals surface area (Å²) in [6.45, 7) is 5.11. The zero-order valence-electron chi connectivity index (χ0n) is 15.1. The van der Waals surface area contributed by atoms with Crippen molar-refractivity contribution in [2.45, 2.75) is 69.6 Å². The summed E-state index contributed by atoms with van der Waals surface area (Å²) in [7, 11) is 0. The topological polar surface area (TPSA) is 48.0 Å². The van der Waals surface area contributed by atoms with Crippen LogP contribution in [0.2, 0.25) is 0 Å². The maximum Gasteiger partial charge on any atom is 0.443 e. The molecule has 2 rings (SSSR count). The number of alkyl halides is 6. The maximum atomic E-state index is 12.9. The second-order valence-corrected chi connectivity index (χ2v) is 10.6. The molecule has 0 radical (unpaired) electrons. The van der Waals surface area contributed by atoms with Crippen molar-refractivity contribution in [3.63, 3.8) is 0 Å². The Kier molecular flexibility index (Phi) is 6.81. The predicted octanol–water partition coefficient (Wildman–Crippen LogP) is 5.62. The van der Waals surface area contributed by atoms with Gasteiger partial charge < -0.3 is 4.55 Å². The number of hydrogen-bond acceptors (Lipinski definition) is 4. The summed E-state index contributed by atoms with van der Waals surface area (Å²) >= 11 is -1.16. The monoisotopic (exact) mass is 436 g/mol. The Morgan fingerprint density at radius 1 is 1.11 bits per heavy atom. The number of nitrogens with one attached hydrogen (secondary N) is 1. The Morgan fingerprint density at radius 2 is 1.67 bits per heavy atom. The fourth-order valence-electron chi connectivity index (χ4n) is 3.03. The number of halogens is 6. The van der Waals surface area contributed by atoms with E-state index in [1.807, 2.05) is 0 Å². The molecule has 2 atom stereocenters. The van der Waals surface area contributed by atoms with Crippen molar-refractivity contribution in [1.82, 2.24) is 9.71 Å². The molecule has 0 aromatic carbocycles. The first-order valence-electron chi connectivity index (χ1n) is 8.47. The highest BCUT2D eigenvalue weighted by Crippen LogP contribution is 2.44. The van der Waals surface area contributed by atoms with Crippen molar-refractivity contribution in [1.29, 1.82) is 0 Å². The minimum Gasteiger partial charge on any atom is -0.598 e. The Labute approximate surface area is 161 Å². The molecule has 1 N–H and O–H groups in total. The van der Waals surface area contributed by atoms with E-state index in [2.05, 4.69) is 9.71 Å². The van der Waals surface area contributed by atoms with Crippen LogP contribution in [0.5, 0.6) is 0 Å². The highest BCUT2D eigenvalue weighted by molar-refractivity contribution is 7.90. The van der Waals surface area contributed by atoms with Gasteiger partial charge in [-0.15, -0.1) is 16.1 Å². The molecule has 3 nitrogen and oxygen atoms in total. The summed E-state index contributed by atoms with van der Waals surface area (Å²) < 4.78 is 92.0. The summed E-state index contributed by atoms with van der Waals surface area (Å²) in [6.07, 6.45) is -8.68. The first-order chi connectivity index (χ1) is 12.2. The van der Waals surface area contributed by atoms with Crippen LogP contribution < -0.4 is 4.72 Å². The predicted molar refractivity (Wildman–Crippen MR) is 92.4 cm³/mol. The molecule has 1 heterocycles. The average Bonchev–Trinajstić information content (AvgIpc) is 3.00. The van der Waals surface area contributed by atoms with Crippen LogP contribution in [-0.4, -0.2) is 20.5 Å². The van der Waals surface area contributed by atoms with Gasteiger partial charge in [0.25, 0.3) is 0 Å². The van der Waals surface area contributed by atoms with Crippen molar-refractivity contribution in [3.8, 4) is 0 Å². The molecule has 0 spiro atoms. The van der Waals surface area contributed by atoms with Gasteiger partial charge in [0.2, 0.25) is 0 Å². The Bertz CT molecular complexity index is 618. The lowest BCUT2D eigenvalue weighted by molar-refractivity contribution is -0.184. The van der Waals surface area contributed by atoms with Crippen molar-refractivity contribution in [3.05, 3.63) is 16.1 Å². The third-order valence-corrected chi connectivity index (χ3v) is 7.07. The normalized spacial score (nSPS) is 24.7. The van der Waals surface area contributed by atoms with Crippen LogP contribution in [-0.2, 0) is 17.5 Å². The van der Waals surface area contributed by atoms with Gasteiger partial charge in [-0.3, -0.25) is 0 Å². The molecule has 1 unspecified atom stereocenters. The van der Waals surface area contributed by atoms with Gasteiger partial charge in [0.05, 0.1) is 17.7 Å². The van der Waals surface area contributed by atoms with E-state index >= 15 is 0 Å². The number of thiazole rings is 1. The smallest absolute Gasteiger partial charge is 0.443 e. The molecule has 11 heteroatoms. The molecule has 27 heavy (non-hydrogen) atoms. The number of aromatic nitrogens is 1. The molecule has 1 saturated carbocycles. The Balaban J connectivity index is 2.22. The molecule has 1 aromatic rings. The molecule has 1 aliphatic carbocycles. The maximum absolute atomic E-state index is 12.9. The van der Waals surface area contributed by atoms with Gasteiger partial charge >= 0.3 is 12.4 Å². The summed E-state index contributed by atoms with van der Waals surface area (Å²) in [5.74, 6) is -1.76. The van der Waals surface area contributed by atoms with E-state index in [0.717, 1.165) is 0 Å². The van der Waals surface area contributed by atoms with E-state index in [0.29, 0.717) is 11.3 Å². The van der Waals surface area contributed by atoms with E-state index < -0.39 is 45.4 Å². The molecule has 0 aliphatic heterocycles. The summed E-state index contributed by atoms with van der Waals surface area (Å²) in [5, 5.41) is 0.228. The third-order valence-electron chi connectivity index (χ3n) is 4.58. The lowest BCUT2D eigenvalue weighted by Crippen LogP contribution is -2.44. The second-order valence-electron chi connectivity index (χ2n) is 7.71. The highest BCUT2D eigenvalue weighted by atomic mass is 32.2. The minimum atomic E-state index is -4.59. The zero-order valence-corrected chi connectivity index (χ0v) is 16.7. The van der Waals surface area contributed by atoms with E-state index in [-0.39, 0.29) is 37.3 Å². The van der Waals surface area contributed by atoms with Crippen LogP contribution in [0, 0.1) is 11.8 Å². The number of rotatable bonds is 4. The molecule has 1 aromatic heterocycles. The molecule has 0 amide bonds. The fraction of sp³-hybridized carbons (Fsp3) is 0.812. The standard InChI is InChI=1S/C16H22F6N2OS2/c1-14(2,3)27(25)24-12(11-8-26-13(23-11)16(20,21)22)9-4-6-10(7-5-9)15(17,18)19/h8-10,12,24H,4-7H2,1-3H3/t9-,10-,12?,27-/m1/s1. The van der Waals surface area contributed by atoms with Crippen molar-refractivity contribution >= 4 is 22.7 Å².